The number of rotatable bonds is 7. The van der Waals surface area contributed by atoms with Crippen LogP contribution in [0.15, 0.2) is 0 Å². The smallest absolute Gasteiger partial charge is 0.311 e. The second-order valence-corrected chi connectivity index (χ2v) is 7.68. The molecule has 0 radical (unpaired) electrons. The number of aliphatic hydroxyl groups is 1. The van der Waals surface area contributed by atoms with Gasteiger partial charge in [-0.1, -0.05) is 32.1 Å². The number of aliphatic hydroxyl groups excluding tert-OH is 1. The van der Waals surface area contributed by atoms with Crippen LogP contribution in [0.1, 0.15) is 64.2 Å². The van der Waals surface area contributed by atoms with E-state index in [0.29, 0.717) is 5.92 Å². The van der Waals surface area contributed by atoms with Crippen molar-refractivity contribution in [1.29, 1.82) is 0 Å². The van der Waals surface area contributed by atoms with Crippen LogP contribution in [0.3, 0.4) is 0 Å². The first-order chi connectivity index (χ1) is 12.3. The van der Waals surface area contributed by atoms with Crippen LogP contribution in [0, 0.1) is 11.3 Å². The molecule has 0 spiro atoms. The maximum absolute atomic E-state index is 12.2. The van der Waals surface area contributed by atoms with Gasteiger partial charge in [0.2, 0.25) is 11.8 Å². The van der Waals surface area contributed by atoms with Gasteiger partial charge in [0, 0.05) is 12.8 Å². The fourth-order valence-corrected chi connectivity index (χ4v) is 4.15. The number of carboxylic acids is 1. The molecule has 1 saturated carbocycles. The highest BCUT2D eigenvalue weighted by Crippen LogP contribution is 2.34. The van der Waals surface area contributed by atoms with Gasteiger partial charge in [0.15, 0.2) is 0 Å². The first kappa shape index (κ1) is 20.8. The number of carbonyl (C=O) groups is 3. The van der Waals surface area contributed by atoms with Crippen LogP contribution >= 0.6 is 0 Å². The molecular formula is C18H31N3O5. The molecule has 2 amide bonds. The minimum absolute atomic E-state index is 0.115. The summed E-state index contributed by atoms with van der Waals surface area (Å²) in [5.74, 6) is -1.59. The van der Waals surface area contributed by atoms with Crippen molar-refractivity contribution in [3.05, 3.63) is 0 Å². The van der Waals surface area contributed by atoms with Gasteiger partial charge in [-0.15, -0.1) is 0 Å². The predicted molar refractivity (Wildman–Crippen MR) is 94.9 cm³/mol. The minimum Gasteiger partial charge on any atom is -0.481 e. The maximum Gasteiger partial charge on any atom is 0.311 e. The summed E-state index contributed by atoms with van der Waals surface area (Å²) in [4.78, 5) is 35.9. The van der Waals surface area contributed by atoms with Gasteiger partial charge >= 0.3 is 5.97 Å². The lowest BCUT2D eigenvalue weighted by atomic mass is 9.71. The molecule has 0 aromatic rings. The fourth-order valence-electron chi connectivity index (χ4n) is 4.15. The summed E-state index contributed by atoms with van der Waals surface area (Å²) in [6.45, 7) is 0.240. The lowest BCUT2D eigenvalue weighted by Gasteiger charge is -2.41. The Hall–Kier alpha value is -1.51. The van der Waals surface area contributed by atoms with Crippen LogP contribution in [0.2, 0.25) is 0 Å². The zero-order valence-corrected chi connectivity index (χ0v) is 15.2. The number of nitrogens with one attached hydrogen (secondary N) is 2. The van der Waals surface area contributed by atoms with Crippen LogP contribution in [0.4, 0.5) is 0 Å². The van der Waals surface area contributed by atoms with Crippen LogP contribution in [-0.2, 0) is 14.4 Å². The molecule has 2 aliphatic rings. The summed E-state index contributed by atoms with van der Waals surface area (Å²) in [7, 11) is 0. The van der Waals surface area contributed by atoms with Crippen molar-refractivity contribution < 1.29 is 24.6 Å². The van der Waals surface area contributed by atoms with E-state index in [0.717, 1.165) is 12.8 Å². The number of piperidine rings is 1. The lowest BCUT2D eigenvalue weighted by Crippen LogP contribution is -2.64. The van der Waals surface area contributed by atoms with Crippen molar-refractivity contribution >= 4 is 17.8 Å². The van der Waals surface area contributed by atoms with Gasteiger partial charge in [0.25, 0.3) is 0 Å². The molecule has 1 aliphatic carbocycles. The molecule has 26 heavy (non-hydrogen) atoms. The maximum atomic E-state index is 12.2. The normalized spacial score (nSPS) is 29.9. The molecule has 2 fully saturated rings. The molecule has 8 nitrogen and oxygen atoms in total. The SMILES string of the molecule is N[C@H]1C(O)NCCC1(CC(=O)NC(=O)CCCC1CCCCC1)C(=O)O. The molecule has 2 rings (SSSR count). The van der Waals surface area contributed by atoms with E-state index in [2.05, 4.69) is 10.6 Å². The molecule has 2 unspecified atom stereocenters. The van der Waals surface area contributed by atoms with E-state index in [1.165, 1.54) is 32.1 Å². The molecular weight excluding hydrogens is 338 g/mol. The van der Waals surface area contributed by atoms with Crippen LogP contribution < -0.4 is 16.4 Å². The second-order valence-electron chi connectivity index (χ2n) is 7.68. The Morgan fingerprint density at radius 1 is 1.15 bits per heavy atom. The molecule has 8 heteroatoms. The number of aliphatic carboxylic acids is 1. The Balaban J connectivity index is 1.80. The van der Waals surface area contributed by atoms with Crippen LogP contribution in [0.25, 0.3) is 0 Å². The average molecular weight is 369 g/mol. The summed E-state index contributed by atoms with van der Waals surface area (Å²) < 4.78 is 0. The molecule has 0 bridgehead atoms. The lowest BCUT2D eigenvalue weighted by molar-refractivity contribution is -0.159. The van der Waals surface area contributed by atoms with E-state index in [1.54, 1.807) is 0 Å². The minimum atomic E-state index is -1.57. The molecule has 1 heterocycles. The zero-order valence-electron chi connectivity index (χ0n) is 15.2. The number of carboxylic acid groups (broad SMARTS) is 1. The second kappa shape index (κ2) is 9.43. The summed E-state index contributed by atoms with van der Waals surface area (Å²) in [6, 6.07) is -1.12. The highest BCUT2D eigenvalue weighted by Gasteiger charge is 2.50. The number of amides is 2. The average Bonchev–Trinajstić information content (AvgIpc) is 2.59. The third-order valence-electron chi connectivity index (χ3n) is 5.82. The van der Waals surface area contributed by atoms with E-state index < -0.39 is 36.0 Å². The molecule has 6 N–H and O–H groups in total. The van der Waals surface area contributed by atoms with E-state index >= 15 is 0 Å². The predicted octanol–water partition coefficient (Wildman–Crippen LogP) is 0.480. The topological polar surface area (TPSA) is 142 Å². The number of nitrogens with two attached hydrogens (primary N) is 1. The Morgan fingerprint density at radius 2 is 1.85 bits per heavy atom. The fraction of sp³-hybridized carbons (Fsp3) is 0.833. The van der Waals surface area contributed by atoms with Gasteiger partial charge in [0.05, 0.1) is 11.5 Å². The van der Waals surface area contributed by atoms with Gasteiger partial charge in [-0.2, -0.15) is 0 Å². The Bertz CT molecular complexity index is 521. The summed E-state index contributed by atoms with van der Waals surface area (Å²) >= 11 is 0. The number of imide groups is 1. The number of hydrogen-bond donors (Lipinski definition) is 5. The zero-order chi connectivity index (χ0) is 19.2. The monoisotopic (exact) mass is 369 g/mol. The summed E-state index contributed by atoms with van der Waals surface area (Å²) in [5.41, 5.74) is 4.27. The van der Waals surface area contributed by atoms with E-state index in [4.69, 9.17) is 5.73 Å². The number of carbonyl (C=O) groups excluding carboxylic acids is 2. The highest BCUT2D eigenvalue weighted by molar-refractivity contribution is 5.97. The van der Waals surface area contributed by atoms with Crippen molar-refractivity contribution in [1.82, 2.24) is 10.6 Å². The third kappa shape index (κ3) is 5.25. The van der Waals surface area contributed by atoms with Crippen molar-refractivity contribution in [3.8, 4) is 0 Å². The quantitative estimate of drug-likeness (QED) is 0.439. The van der Waals surface area contributed by atoms with Crippen molar-refractivity contribution in [2.24, 2.45) is 17.1 Å². The van der Waals surface area contributed by atoms with Gasteiger partial charge in [0.1, 0.15) is 6.23 Å². The molecule has 0 aromatic carbocycles. The molecule has 1 aliphatic heterocycles. The third-order valence-corrected chi connectivity index (χ3v) is 5.82. The molecule has 0 aromatic heterocycles. The molecule has 1 saturated heterocycles. The first-order valence-electron chi connectivity index (χ1n) is 9.58. The van der Waals surface area contributed by atoms with Crippen molar-refractivity contribution in [2.45, 2.75) is 76.5 Å². The van der Waals surface area contributed by atoms with Gasteiger partial charge in [-0.25, -0.2) is 0 Å². The number of hydrogen-bond acceptors (Lipinski definition) is 6. The Kier molecular flexibility index (Phi) is 7.55. The van der Waals surface area contributed by atoms with Crippen LogP contribution in [-0.4, -0.2) is 46.8 Å². The largest absolute Gasteiger partial charge is 0.481 e. The standard InChI is InChI=1S/C18H31N3O5/c19-15-16(24)20-10-9-18(15,17(25)26)11-14(23)21-13(22)8-4-7-12-5-2-1-3-6-12/h12,15-16,20,24H,1-11,19H2,(H,25,26)(H,21,22,23)/t15-,16?,18?/m0/s1. The molecule has 3 atom stereocenters. The van der Waals surface area contributed by atoms with E-state index in [1.807, 2.05) is 0 Å². The Labute approximate surface area is 153 Å². The first-order valence-corrected chi connectivity index (χ1v) is 9.58. The summed E-state index contributed by atoms with van der Waals surface area (Å²) in [6.07, 6.45) is 6.73. The van der Waals surface area contributed by atoms with Crippen molar-refractivity contribution in [3.63, 3.8) is 0 Å². The summed E-state index contributed by atoms with van der Waals surface area (Å²) in [5, 5.41) is 24.3. The van der Waals surface area contributed by atoms with Gasteiger partial charge < -0.3 is 15.9 Å². The van der Waals surface area contributed by atoms with Gasteiger partial charge in [-0.3, -0.25) is 25.0 Å². The highest BCUT2D eigenvalue weighted by atomic mass is 16.4. The van der Waals surface area contributed by atoms with E-state index in [9.17, 15) is 24.6 Å². The van der Waals surface area contributed by atoms with E-state index in [-0.39, 0.29) is 25.3 Å². The van der Waals surface area contributed by atoms with Crippen LogP contribution in [0.5, 0.6) is 0 Å². The Morgan fingerprint density at radius 3 is 2.50 bits per heavy atom. The van der Waals surface area contributed by atoms with Gasteiger partial charge in [-0.05, 0) is 31.7 Å². The van der Waals surface area contributed by atoms with Crippen molar-refractivity contribution in [2.75, 3.05) is 6.54 Å². The molecule has 148 valence electrons.